The average Bonchev–Trinajstić information content (AvgIpc) is 1.96. The molecule has 0 spiro atoms. The molecule has 1 aromatic heterocycles. The molecule has 0 bridgehead atoms. The Morgan fingerprint density at radius 3 is 2.73 bits per heavy atom. The van der Waals surface area contributed by atoms with Gasteiger partial charge in [0.1, 0.15) is 11.2 Å². The zero-order chi connectivity index (χ0) is 8.43. The van der Waals surface area contributed by atoms with Crippen LogP contribution < -0.4 is 5.73 Å². The number of nitriles is 1. The molecule has 1 rings (SSSR count). The molecule has 56 valence electrons. The molecule has 0 saturated heterocycles. The molecule has 0 atom stereocenters. The van der Waals surface area contributed by atoms with Crippen molar-refractivity contribution >= 4 is 28.9 Å². The molecule has 0 fully saturated rings. The van der Waals surface area contributed by atoms with E-state index in [1.165, 1.54) is 6.07 Å². The first-order valence-electron chi connectivity index (χ1n) is 2.66. The summed E-state index contributed by atoms with van der Waals surface area (Å²) in [6.45, 7) is 0. The number of nitrogen functional groups attached to an aromatic ring is 1. The Kier molecular flexibility index (Phi) is 2.18. The molecule has 11 heavy (non-hydrogen) atoms. The number of nitrogens with two attached hydrogens (primary N) is 1. The summed E-state index contributed by atoms with van der Waals surface area (Å²) in [5.74, 6) is 0. The van der Waals surface area contributed by atoms with Crippen molar-refractivity contribution in [2.24, 2.45) is 0 Å². The lowest BCUT2D eigenvalue weighted by Crippen LogP contribution is -1.94. The highest BCUT2D eigenvalue weighted by Gasteiger charge is 2.05. The standard InChI is InChI=1S/C6H3Cl2N3/c7-3-1-5(8)11-4(2-9)6(3)10/h1H,10H2. The lowest BCUT2D eigenvalue weighted by molar-refractivity contribution is 1.27. The molecule has 0 unspecified atom stereocenters. The van der Waals surface area contributed by atoms with Crippen molar-refractivity contribution in [1.29, 1.82) is 5.26 Å². The maximum atomic E-state index is 8.46. The van der Waals surface area contributed by atoms with Crippen molar-refractivity contribution in [1.82, 2.24) is 4.98 Å². The zero-order valence-electron chi connectivity index (χ0n) is 5.31. The SMILES string of the molecule is N#Cc1nc(Cl)cc(Cl)c1N. The van der Waals surface area contributed by atoms with E-state index in [0.717, 1.165) is 0 Å². The highest BCUT2D eigenvalue weighted by Crippen LogP contribution is 2.23. The molecule has 0 saturated carbocycles. The topological polar surface area (TPSA) is 62.7 Å². The van der Waals surface area contributed by atoms with E-state index in [0.29, 0.717) is 0 Å². The van der Waals surface area contributed by atoms with Crippen molar-refractivity contribution in [3.8, 4) is 6.07 Å². The number of hydrogen-bond acceptors (Lipinski definition) is 3. The van der Waals surface area contributed by atoms with Gasteiger partial charge in [0.25, 0.3) is 0 Å². The number of aromatic nitrogens is 1. The summed E-state index contributed by atoms with van der Waals surface area (Å²) in [6.07, 6.45) is 0. The van der Waals surface area contributed by atoms with Gasteiger partial charge in [0.15, 0.2) is 5.69 Å². The second-order valence-electron chi connectivity index (χ2n) is 1.80. The van der Waals surface area contributed by atoms with Crippen molar-refractivity contribution in [3.05, 3.63) is 21.9 Å². The van der Waals surface area contributed by atoms with E-state index in [4.69, 9.17) is 34.2 Å². The molecule has 0 aliphatic heterocycles. The number of nitrogens with zero attached hydrogens (tertiary/aromatic N) is 2. The summed E-state index contributed by atoms with van der Waals surface area (Å²) in [5.41, 5.74) is 5.61. The third-order valence-corrected chi connectivity index (χ3v) is 1.59. The van der Waals surface area contributed by atoms with Crippen LogP contribution in [0, 0.1) is 11.3 Å². The molecule has 3 nitrogen and oxygen atoms in total. The van der Waals surface area contributed by atoms with Crippen LogP contribution in [0.2, 0.25) is 10.2 Å². The fraction of sp³-hybridized carbons (Fsp3) is 0. The van der Waals surface area contributed by atoms with Gasteiger partial charge < -0.3 is 5.73 Å². The number of anilines is 1. The van der Waals surface area contributed by atoms with Crippen molar-refractivity contribution in [3.63, 3.8) is 0 Å². The number of rotatable bonds is 0. The van der Waals surface area contributed by atoms with E-state index < -0.39 is 0 Å². The van der Waals surface area contributed by atoms with Crippen LogP contribution in [0.25, 0.3) is 0 Å². The quantitative estimate of drug-likeness (QED) is 0.631. The van der Waals surface area contributed by atoms with Crippen LogP contribution in [0.1, 0.15) is 5.69 Å². The predicted molar refractivity (Wildman–Crippen MR) is 43.4 cm³/mol. The highest BCUT2D eigenvalue weighted by atomic mass is 35.5. The molecule has 5 heteroatoms. The molecular weight excluding hydrogens is 185 g/mol. The summed E-state index contributed by atoms with van der Waals surface area (Å²) in [5, 5.41) is 8.88. The Balaban J connectivity index is 3.39. The number of halogens is 2. The van der Waals surface area contributed by atoms with Crippen molar-refractivity contribution in [2.75, 3.05) is 5.73 Å². The van der Waals surface area contributed by atoms with Crippen LogP contribution in [0.3, 0.4) is 0 Å². The molecule has 0 aliphatic carbocycles. The third kappa shape index (κ3) is 1.53. The predicted octanol–water partition coefficient (Wildman–Crippen LogP) is 1.84. The summed E-state index contributed by atoms with van der Waals surface area (Å²) >= 11 is 11.1. The minimum atomic E-state index is 0.0579. The second-order valence-corrected chi connectivity index (χ2v) is 2.60. The summed E-state index contributed by atoms with van der Waals surface area (Å²) in [7, 11) is 0. The Morgan fingerprint density at radius 2 is 2.18 bits per heavy atom. The van der Waals surface area contributed by atoms with E-state index >= 15 is 0 Å². The molecule has 0 aromatic carbocycles. The molecule has 0 radical (unpaired) electrons. The maximum absolute atomic E-state index is 8.46. The van der Waals surface area contributed by atoms with Crippen LogP contribution in [-0.4, -0.2) is 4.98 Å². The zero-order valence-corrected chi connectivity index (χ0v) is 6.82. The lowest BCUT2D eigenvalue weighted by atomic mass is 10.3. The maximum Gasteiger partial charge on any atom is 0.166 e. The lowest BCUT2D eigenvalue weighted by Gasteiger charge is -1.98. The van der Waals surface area contributed by atoms with E-state index in [1.807, 2.05) is 0 Å². The van der Waals surface area contributed by atoms with E-state index in [-0.39, 0.29) is 21.6 Å². The minimum Gasteiger partial charge on any atom is -0.395 e. The van der Waals surface area contributed by atoms with Crippen LogP contribution in [0.5, 0.6) is 0 Å². The highest BCUT2D eigenvalue weighted by molar-refractivity contribution is 6.35. The monoisotopic (exact) mass is 187 g/mol. The normalized spacial score (nSPS) is 9.18. The largest absolute Gasteiger partial charge is 0.395 e. The Hall–Kier alpha value is -0.980. The fourth-order valence-corrected chi connectivity index (χ4v) is 1.02. The van der Waals surface area contributed by atoms with Crippen molar-refractivity contribution < 1.29 is 0 Å². The van der Waals surface area contributed by atoms with Gasteiger partial charge in [-0.1, -0.05) is 23.2 Å². The number of pyridine rings is 1. The summed E-state index contributed by atoms with van der Waals surface area (Å²) < 4.78 is 0. The molecule has 2 N–H and O–H groups in total. The van der Waals surface area contributed by atoms with Gasteiger partial charge in [0.05, 0.1) is 10.7 Å². The van der Waals surface area contributed by atoms with Crippen LogP contribution >= 0.6 is 23.2 Å². The average molecular weight is 188 g/mol. The van der Waals surface area contributed by atoms with Gasteiger partial charge in [-0.2, -0.15) is 5.26 Å². The molecular formula is C6H3Cl2N3. The first-order chi connectivity index (χ1) is 5.15. The molecule has 0 aliphatic rings. The Morgan fingerprint density at radius 1 is 1.55 bits per heavy atom. The van der Waals surface area contributed by atoms with Gasteiger partial charge in [0, 0.05) is 0 Å². The first-order valence-corrected chi connectivity index (χ1v) is 3.42. The van der Waals surface area contributed by atoms with Crippen LogP contribution in [0.4, 0.5) is 5.69 Å². The van der Waals surface area contributed by atoms with Gasteiger partial charge in [-0.05, 0) is 6.07 Å². The smallest absolute Gasteiger partial charge is 0.166 e. The summed E-state index contributed by atoms with van der Waals surface area (Å²) in [6, 6.07) is 3.16. The first kappa shape index (κ1) is 8.12. The minimum absolute atomic E-state index is 0.0579. The molecule has 1 heterocycles. The Bertz CT molecular complexity index is 329. The van der Waals surface area contributed by atoms with E-state index in [9.17, 15) is 0 Å². The third-order valence-electron chi connectivity index (χ3n) is 1.08. The van der Waals surface area contributed by atoms with Crippen molar-refractivity contribution in [2.45, 2.75) is 0 Å². The van der Waals surface area contributed by atoms with Gasteiger partial charge in [-0.15, -0.1) is 0 Å². The number of hydrogen-bond donors (Lipinski definition) is 1. The van der Waals surface area contributed by atoms with Crippen LogP contribution in [0.15, 0.2) is 6.07 Å². The Labute approximate surface area is 73.4 Å². The second kappa shape index (κ2) is 2.95. The van der Waals surface area contributed by atoms with Gasteiger partial charge in [-0.25, -0.2) is 4.98 Å². The van der Waals surface area contributed by atoms with Gasteiger partial charge in [-0.3, -0.25) is 0 Å². The van der Waals surface area contributed by atoms with E-state index in [1.54, 1.807) is 6.07 Å². The molecule has 0 amide bonds. The van der Waals surface area contributed by atoms with Crippen LogP contribution in [-0.2, 0) is 0 Å². The van der Waals surface area contributed by atoms with Gasteiger partial charge in [0.2, 0.25) is 0 Å². The summed E-state index contributed by atoms with van der Waals surface area (Å²) in [4.78, 5) is 3.65. The van der Waals surface area contributed by atoms with Gasteiger partial charge >= 0.3 is 0 Å². The molecule has 1 aromatic rings. The fourth-order valence-electron chi connectivity index (χ4n) is 0.580. The van der Waals surface area contributed by atoms with E-state index in [2.05, 4.69) is 4.98 Å².